The van der Waals surface area contributed by atoms with Crippen molar-refractivity contribution in [1.29, 1.82) is 0 Å². The van der Waals surface area contributed by atoms with E-state index < -0.39 is 0 Å². The third-order valence-electron chi connectivity index (χ3n) is 9.85. The Bertz CT molecular complexity index is 939. The van der Waals surface area contributed by atoms with Gasteiger partial charge < -0.3 is 10.2 Å². The number of carbonyl (C=O) groups is 2. The Kier molecular flexibility index (Phi) is 4.84. The maximum atomic E-state index is 13.4. The first kappa shape index (κ1) is 20.8. The lowest BCUT2D eigenvalue weighted by Gasteiger charge is -2.60. The zero-order valence-corrected chi connectivity index (χ0v) is 19.4. The Balaban J connectivity index is 1.38. The van der Waals surface area contributed by atoms with Crippen molar-refractivity contribution in [2.75, 3.05) is 12.4 Å². The summed E-state index contributed by atoms with van der Waals surface area (Å²) in [5.41, 5.74) is 2.21. The molecule has 2 unspecified atom stereocenters. The van der Waals surface area contributed by atoms with Crippen LogP contribution in [0.25, 0.3) is 0 Å². The molecule has 3 saturated carbocycles. The van der Waals surface area contributed by atoms with Gasteiger partial charge >= 0.3 is 0 Å². The summed E-state index contributed by atoms with van der Waals surface area (Å²) in [7, 11) is 1.98. The van der Waals surface area contributed by atoms with E-state index in [4.69, 9.17) is 0 Å². The van der Waals surface area contributed by atoms with E-state index in [-0.39, 0.29) is 28.6 Å². The van der Waals surface area contributed by atoms with Crippen LogP contribution in [-0.4, -0.2) is 29.8 Å². The number of fused-ring (bicyclic) bond motifs is 5. The van der Waals surface area contributed by atoms with Gasteiger partial charge in [-0.3, -0.25) is 9.59 Å². The van der Waals surface area contributed by atoms with Crippen molar-refractivity contribution < 1.29 is 9.59 Å². The fourth-order valence-electron chi connectivity index (χ4n) is 8.10. The zero-order valence-electron chi connectivity index (χ0n) is 19.4. The predicted octanol–water partition coefficient (Wildman–Crippen LogP) is 5.19. The molecule has 1 aromatic carbocycles. The summed E-state index contributed by atoms with van der Waals surface area (Å²) in [5, 5.41) is 3.25. The molecular weight excluding hydrogens is 384 g/mol. The Morgan fingerprint density at radius 2 is 1.84 bits per heavy atom. The number of nitrogens with zero attached hydrogens (tertiary/aromatic N) is 1. The van der Waals surface area contributed by atoms with Crippen LogP contribution in [0.2, 0.25) is 0 Å². The van der Waals surface area contributed by atoms with Crippen LogP contribution in [0.4, 0.5) is 5.69 Å². The van der Waals surface area contributed by atoms with Crippen LogP contribution in [0.5, 0.6) is 0 Å². The van der Waals surface area contributed by atoms with E-state index in [1.807, 2.05) is 30.1 Å². The number of hydrogen-bond donors (Lipinski definition) is 1. The summed E-state index contributed by atoms with van der Waals surface area (Å²) >= 11 is 0. The quantitative estimate of drug-likeness (QED) is 0.716. The van der Waals surface area contributed by atoms with Crippen LogP contribution in [-0.2, 0) is 9.59 Å². The first-order chi connectivity index (χ1) is 14.8. The average Bonchev–Trinajstić information content (AvgIpc) is 3.10. The molecule has 0 radical (unpaired) electrons. The number of hydrogen-bond acceptors (Lipinski definition) is 2. The highest BCUT2D eigenvalue weighted by atomic mass is 16.2. The van der Waals surface area contributed by atoms with Crippen molar-refractivity contribution in [3.63, 3.8) is 0 Å². The van der Waals surface area contributed by atoms with E-state index in [1.54, 1.807) is 6.08 Å². The number of para-hydroxylation sites is 1. The molecule has 0 aromatic heterocycles. The molecule has 3 aliphatic carbocycles. The second kappa shape index (κ2) is 7.21. The van der Waals surface area contributed by atoms with Crippen molar-refractivity contribution >= 4 is 17.5 Å². The van der Waals surface area contributed by atoms with E-state index in [9.17, 15) is 9.59 Å². The largest absolute Gasteiger partial charge is 0.338 e. The molecule has 31 heavy (non-hydrogen) atoms. The molecule has 1 aliphatic heterocycles. The normalized spacial score (nSPS) is 41.4. The van der Waals surface area contributed by atoms with Gasteiger partial charge in [-0.15, -0.1) is 0 Å². The fraction of sp³-hybridized carbons (Fsp3) is 0.630. The van der Waals surface area contributed by atoms with Gasteiger partial charge in [-0.05, 0) is 86.3 Å². The standard InChI is InChI=1S/C27H36N2O2/c1-17-7-5-6-8-22(17)28-25(31)21-11-10-19-18-9-12-23-27(3,16-14-24(30)29(23)4)20(18)13-15-26(19,21)2/h5-8,14,16,18-21,23H,9-13,15H2,1-4H3,(H,28,31)/t18-,19-,20+,21?,23?,26-,27+/m0/s1. The molecule has 2 amide bonds. The molecule has 4 aliphatic rings. The molecule has 0 saturated heterocycles. The lowest BCUT2D eigenvalue weighted by Crippen LogP contribution is -2.59. The number of likely N-dealkylation sites (N-methyl/N-ethyl adjacent to an activating group) is 1. The number of carbonyl (C=O) groups excluding carboxylic acids is 2. The van der Waals surface area contributed by atoms with Crippen molar-refractivity contribution in [2.24, 2.45) is 34.5 Å². The van der Waals surface area contributed by atoms with Gasteiger partial charge in [-0.1, -0.05) is 38.1 Å². The van der Waals surface area contributed by atoms with Gasteiger partial charge in [0.15, 0.2) is 0 Å². The molecule has 4 heteroatoms. The summed E-state index contributed by atoms with van der Waals surface area (Å²) in [5.74, 6) is 2.32. The molecule has 166 valence electrons. The van der Waals surface area contributed by atoms with Gasteiger partial charge in [-0.25, -0.2) is 0 Å². The van der Waals surface area contributed by atoms with Crippen LogP contribution in [0.3, 0.4) is 0 Å². The molecule has 1 N–H and O–H groups in total. The molecule has 5 rings (SSSR count). The number of anilines is 1. The van der Waals surface area contributed by atoms with Gasteiger partial charge in [0.2, 0.25) is 11.8 Å². The van der Waals surface area contributed by atoms with Crippen molar-refractivity contribution in [3.05, 3.63) is 42.0 Å². The number of amides is 2. The number of aryl methyl sites for hydroxylation is 1. The molecule has 7 atom stereocenters. The highest BCUT2D eigenvalue weighted by molar-refractivity contribution is 5.94. The molecule has 1 aromatic rings. The second-order valence-electron chi connectivity index (χ2n) is 11.1. The summed E-state index contributed by atoms with van der Waals surface area (Å²) in [6.45, 7) is 6.83. The highest BCUT2D eigenvalue weighted by Gasteiger charge is 2.61. The van der Waals surface area contributed by atoms with E-state index in [0.29, 0.717) is 23.8 Å². The molecule has 1 heterocycles. The Morgan fingerprint density at radius 1 is 1.06 bits per heavy atom. The minimum absolute atomic E-state index is 0.0639. The van der Waals surface area contributed by atoms with Crippen molar-refractivity contribution in [2.45, 2.75) is 65.3 Å². The maximum absolute atomic E-state index is 13.4. The van der Waals surface area contributed by atoms with Gasteiger partial charge in [0.1, 0.15) is 0 Å². The third kappa shape index (κ3) is 3.01. The average molecular weight is 421 g/mol. The molecule has 4 nitrogen and oxygen atoms in total. The van der Waals surface area contributed by atoms with E-state index in [2.05, 4.69) is 38.2 Å². The van der Waals surface area contributed by atoms with Gasteiger partial charge in [0.05, 0.1) is 0 Å². The van der Waals surface area contributed by atoms with Crippen LogP contribution in [0.1, 0.15) is 57.9 Å². The molecular formula is C27H36N2O2. The highest BCUT2D eigenvalue weighted by Crippen LogP contribution is 2.65. The number of nitrogens with one attached hydrogen (secondary N) is 1. The Hall–Kier alpha value is -2.10. The molecule has 3 fully saturated rings. The smallest absolute Gasteiger partial charge is 0.246 e. The minimum Gasteiger partial charge on any atom is -0.338 e. The first-order valence-electron chi connectivity index (χ1n) is 12.1. The van der Waals surface area contributed by atoms with Crippen molar-refractivity contribution in [3.8, 4) is 0 Å². The van der Waals surface area contributed by atoms with E-state index >= 15 is 0 Å². The summed E-state index contributed by atoms with van der Waals surface area (Å²) in [4.78, 5) is 27.6. The Morgan fingerprint density at radius 3 is 2.61 bits per heavy atom. The van der Waals surface area contributed by atoms with E-state index in [1.165, 1.54) is 6.42 Å². The lowest BCUT2D eigenvalue weighted by atomic mass is 9.47. The summed E-state index contributed by atoms with van der Waals surface area (Å²) < 4.78 is 0. The minimum atomic E-state index is 0.0639. The van der Waals surface area contributed by atoms with Gasteiger partial charge in [-0.2, -0.15) is 0 Å². The number of rotatable bonds is 2. The van der Waals surface area contributed by atoms with Gasteiger partial charge in [0.25, 0.3) is 0 Å². The van der Waals surface area contributed by atoms with Crippen LogP contribution in [0, 0.1) is 41.4 Å². The SMILES string of the molecule is Cc1ccccc1NC(=O)C1CC[C@H]2[C@@H]3CCC4N(C)C(=O)C=C[C@]4(C)[C@@H]3CC[C@]12C. The monoisotopic (exact) mass is 420 g/mol. The molecule has 0 spiro atoms. The van der Waals surface area contributed by atoms with Crippen LogP contribution < -0.4 is 5.32 Å². The zero-order chi connectivity index (χ0) is 22.0. The first-order valence-corrected chi connectivity index (χ1v) is 12.1. The fourth-order valence-corrected chi connectivity index (χ4v) is 8.10. The molecule has 0 bridgehead atoms. The topological polar surface area (TPSA) is 49.4 Å². The third-order valence-corrected chi connectivity index (χ3v) is 9.85. The van der Waals surface area contributed by atoms with Crippen molar-refractivity contribution in [1.82, 2.24) is 4.90 Å². The summed E-state index contributed by atoms with van der Waals surface area (Å²) in [6.07, 6.45) is 10.7. The van der Waals surface area contributed by atoms with Crippen LogP contribution in [0.15, 0.2) is 36.4 Å². The Labute approximate surface area is 186 Å². The number of benzene rings is 1. The van der Waals surface area contributed by atoms with Gasteiger partial charge in [0, 0.05) is 30.1 Å². The maximum Gasteiger partial charge on any atom is 0.246 e. The predicted molar refractivity (Wildman–Crippen MR) is 123 cm³/mol. The van der Waals surface area contributed by atoms with E-state index in [0.717, 1.165) is 43.4 Å². The second-order valence-corrected chi connectivity index (χ2v) is 11.1. The lowest BCUT2D eigenvalue weighted by molar-refractivity contribution is -0.141. The summed E-state index contributed by atoms with van der Waals surface area (Å²) in [6, 6.07) is 8.39. The van der Waals surface area contributed by atoms with Crippen LogP contribution >= 0.6 is 0 Å².